The van der Waals surface area contributed by atoms with Gasteiger partial charge in [-0.05, 0) is 12.5 Å². The zero-order valence-electron chi connectivity index (χ0n) is 11.0. The Bertz CT molecular complexity index is 686. The van der Waals surface area contributed by atoms with Gasteiger partial charge in [0, 0.05) is 22.3 Å². The van der Waals surface area contributed by atoms with Crippen molar-refractivity contribution in [3.05, 3.63) is 33.4 Å². The van der Waals surface area contributed by atoms with Crippen LogP contribution in [0.4, 0.5) is 5.69 Å². The van der Waals surface area contributed by atoms with Gasteiger partial charge in [-0.2, -0.15) is 0 Å². The first-order valence-corrected chi connectivity index (χ1v) is 8.15. The lowest BCUT2D eigenvalue weighted by Gasteiger charge is -2.13. The molecule has 0 heterocycles. The van der Waals surface area contributed by atoms with E-state index in [9.17, 15) is 18.5 Å². The lowest BCUT2D eigenvalue weighted by Crippen LogP contribution is -2.05. The molecule has 0 aliphatic heterocycles. The first kappa shape index (κ1) is 17.5. The van der Waals surface area contributed by atoms with E-state index in [1.807, 2.05) is 0 Å². The Morgan fingerprint density at radius 1 is 1.48 bits per heavy atom. The minimum absolute atomic E-state index is 0.00278. The van der Waals surface area contributed by atoms with Crippen LogP contribution >= 0.6 is 22.3 Å². The Kier molecular flexibility index (Phi) is 5.82. The number of halogens is 2. The molecule has 0 N–H and O–H groups in total. The molecule has 0 radical (unpaired) electrons. The van der Waals surface area contributed by atoms with Gasteiger partial charge in [-0.25, -0.2) is 8.42 Å². The molecule has 0 saturated heterocycles. The second-order valence-electron chi connectivity index (χ2n) is 3.91. The molecular weight excluding hydrogens is 345 g/mol. The van der Waals surface area contributed by atoms with E-state index in [-0.39, 0.29) is 18.1 Å². The predicted octanol–water partition coefficient (Wildman–Crippen LogP) is 3.05. The number of hydrogen-bond donors (Lipinski definition) is 0. The van der Waals surface area contributed by atoms with E-state index in [4.69, 9.17) is 31.8 Å². The Labute approximate surface area is 130 Å². The fraction of sp³-hybridized carbons (Fsp3) is 0.273. The molecule has 21 heavy (non-hydrogen) atoms. The first-order valence-electron chi connectivity index (χ1n) is 5.40. The molecule has 0 unspecified atom stereocenters. The summed E-state index contributed by atoms with van der Waals surface area (Å²) in [5.41, 5.74) is 1.40. The van der Waals surface area contributed by atoms with Gasteiger partial charge < -0.3 is 9.47 Å². The van der Waals surface area contributed by atoms with Crippen LogP contribution < -0.4 is 9.47 Å². The number of ether oxygens (including phenoxy) is 2. The van der Waals surface area contributed by atoms with E-state index in [1.165, 1.54) is 12.6 Å². The van der Waals surface area contributed by atoms with Crippen LogP contribution in [-0.4, -0.2) is 27.1 Å². The molecule has 0 spiro atoms. The maximum Gasteiger partial charge on any atom is 0.274 e. The van der Waals surface area contributed by atoms with Crippen molar-refractivity contribution in [3.63, 3.8) is 0 Å². The van der Waals surface area contributed by atoms with Crippen LogP contribution in [0.2, 0.25) is 0 Å². The molecule has 10 heteroatoms. The zero-order valence-corrected chi connectivity index (χ0v) is 13.3. The molecule has 1 aromatic rings. The molecule has 0 saturated carbocycles. The summed E-state index contributed by atoms with van der Waals surface area (Å²) in [5, 5.41) is 10.9. The molecule has 1 aromatic carbocycles. The first-order chi connectivity index (χ1) is 9.70. The number of non-ortho nitro benzene ring substituents is 1. The topological polar surface area (TPSA) is 95.7 Å². The van der Waals surface area contributed by atoms with E-state index >= 15 is 0 Å². The van der Waals surface area contributed by atoms with Gasteiger partial charge in [0.1, 0.15) is 11.5 Å². The van der Waals surface area contributed by atoms with Gasteiger partial charge in [0.2, 0.25) is 0 Å². The zero-order chi connectivity index (χ0) is 16.2. The number of rotatable bonds is 6. The Morgan fingerprint density at radius 2 is 2.10 bits per heavy atom. The quantitative estimate of drug-likeness (QED) is 0.442. The van der Waals surface area contributed by atoms with Crippen LogP contribution in [-0.2, 0) is 9.05 Å². The van der Waals surface area contributed by atoms with Gasteiger partial charge in [-0.1, -0.05) is 11.6 Å². The number of benzene rings is 1. The predicted molar refractivity (Wildman–Crippen MR) is 77.8 cm³/mol. The summed E-state index contributed by atoms with van der Waals surface area (Å²) >= 11 is 5.48. The Hall–Kier alpha value is -1.51. The molecule has 0 atom stereocenters. The molecule has 0 fully saturated rings. The molecule has 7 nitrogen and oxygen atoms in total. The van der Waals surface area contributed by atoms with E-state index in [0.717, 1.165) is 12.1 Å². The highest BCUT2D eigenvalue weighted by Crippen LogP contribution is 2.39. The second-order valence-corrected chi connectivity index (χ2v) is 6.67. The average Bonchev–Trinajstić information content (AvgIpc) is 2.42. The normalized spacial score (nSPS) is 12.1. The van der Waals surface area contributed by atoms with Crippen LogP contribution in [0.3, 0.4) is 0 Å². The molecule has 1 rings (SSSR count). The largest absolute Gasteiger partial charge is 0.492 e. The molecule has 116 valence electrons. The third-order valence-electron chi connectivity index (χ3n) is 2.32. The third-order valence-corrected chi connectivity index (χ3v) is 4.02. The van der Waals surface area contributed by atoms with Gasteiger partial charge in [0.05, 0.1) is 18.1 Å². The van der Waals surface area contributed by atoms with Gasteiger partial charge in [-0.3, -0.25) is 10.1 Å². The minimum Gasteiger partial charge on any atom is -0.492 e. The van der Waals surface area contributed by atoms with Crippen molar-refractivity contribution >= 4 is 37.0 Å². The van der Waals surface area contributed by atoms with Crippen LogP contribution in [0.5, 0.6) is 11.5 Å². The SMILES string of the molecule is COc1c(OCC(C)=CCl)cc([N+](=O)[O-])cc1S(=O)(=O)Cl. The second kappa shape index (κ2) is 6.97. The van der Waals surface area contributed by atoms with Crippen LogP contribution in [0.1, 0.15) is 6.92 Å². The van der Waals surface area contributed by atoms with Gasteiger partial charge >= 0.3 is 0 Å². The summed E-state index contributed by atoms with van der Waals surface area (Å²) in [5.74, 6) is -0.332. The van der Waals surface area contributed by atoms with Crippen molar-refractivity contribution < 1.29 is 22.8 Å². The van der Waals surface area contributed by atoms with E-state index in [1.54, 1.807) is 6.92 Å². The van der Waals surface area contributed by atoms with Crippen LogP contribution in [0, 0.1) is 10.1 Å². The van der Waals surface area contributed by atoms with E-state index in [2.05, 4.69) is 0 Å². The summed E-state index contributed by atoms with van der Waals surface area (Å²) in [4.78, 5) is 9.56. The Morgan fingerprint density at radius 3 is 2.52 bits per heavy atom. The summed E-state index contributed by atoms with van der Waals surface area (Å²) in [6.45, 7) is 1.67. The van der Waals surface area contributed by atoms with Crippen LogP contribution in [0.25, 0.3) is 0 Å². The molecule has 0 amide bonds. The lowest BCUT2D eigenvalue weighted by atomic mass is 10.2. The number of nitro groups is 1. The smallest absolute Gasteiger partial charge is 0.274 e. The number of hydrogen-bond acceptors (Lipinski definition) is 6. The van der Waals surface area contributed by atoms with Gasteiger partial charge in [0.15, 0.2) is 11.5 Å². The lowest BCUT2D eigenvalue weighted by molar-refractivity contribution is -0.385. The van der Waals surface area contributed by atoms with Crippen molar-refractivity contribution in [1.82, 2.24) is 0 Å². The van der Waals surface area contributed by atoms with Gasteiger partial charge in [0.25, 0.3) is 14.7 Å². The molecular formula is C11H11Cl2NO6S. The van der Waals surface area contributed by atoms with Crippen molar-refractivity contribution in [3.8, 4) is 11.5 Å². The summed E-state index contributed by atoms with van der Waals surface area (Å²) in [6, 6.07) is 1.85. The monoisotopic (exact) mass is 355 g/mol. The average molecular weight is 356 g/mol. The number of methoxy groups -OCH3 is 1. The maximum absolute atomic E-state index is 11.5. The van der Waals surface area contributed by atoms with E-state index in [0.29, 0.717) is 5.57 Å². The van der Waals surface area contributed by atoms with Crippen molar-refractivity contribution in [2.75, 3.05) is 13.7 Å². The van der Waals surface area contributed by atoms with Crippen molar-refractivity contribution in [2.45, 2.75) is 11.8 Å². The standard InChI is InChI=1S/C11H11Cl2NO6S/c1-7(5-12)6-20-9-3-8(14(15)16)4-10(11(9)19-2)21(13,17)18/h3-5H,6H2,1-2H3. The van der Waals surface area contributed by atoms with E-state index < -0.39 is 24.6 Å². The van der Waals surface area contributed by atoms with Crippen molar-refractivity contribution in [2.24, 2.45) is 0 Å². The molecule has 0 aliphatic rings. The minimum atomic E-state index is -4.25. The highest BCUT2D eigenvalue weighted by atomic mass is 35.7. The molecule has 0 bridgehead atoms. The summed E-state index contributed by atoms with van der Waals surface area (Å²) in [6.07, 6.45) is 0. The summed E-state index contributed by atoms with van der Waals surface area (Å²) < 4.78 is 33.3. The highest BCUT2D eigenvalue weighted by molar-refractivity contribution is 8.13. The molecule has 0 aliphatic carbocycles. The van der Waals surface area contributed by atoms with Crippen LogP contribution in [0.15, 0.2) is 28.1 Å². The number of nitro benzene ring substituents is 1. The van der Waals surface area contributed by atoms with Gasteiger partial charge in [-0.15, -0.1) is 0 Å². The molecule has 0 aromatic heterocycles. The number of nitrogens with zero attached hydrogens (tertiary/aromatic N) is 1. The summed E-state index contributed by atoms with van der Waals surface area (Å²) in [7, 11) is 2.21. The maximum atomic E-state index is 11.5. The third kappa shape index (κ3) is 4.48. The van der Waals surface area contributed by atoms with Crippen molar-refractivity contribution in [1.29, 1.82) is 0 Å². The fourth-order valence-corrected chi connectivity index (χ4v) is 2.45. The fourth-order valence-electron chi connectivity index (χ4n) is 1.38. The highest BCUT2D eigenvalue weighted by Gasteiger charge is 2.26. The Balaban J connectivity index is 3.46.